The van der Waals surface area contributed by atoms with Gasteiger partial charge in [-0.25, -0.2) is 0 Å². The van der Waals surface area contributed by atoms with Crippen LogP contribution < -0.4 is 10.3 Å². The van der Waals surface area contributed by atoms with Gasteiger partial charge in [0.05, 0.1) is 6.10 Å². The van der Waals surface area contributed by atoms with Gasteiger partial charge in [0.25, 0.3) is 5.56 Å². The number of hydrogen-bond acceptors (Lipinski definition) is 3. The highest BCUT2D eigenvalue weighted by molar-refractivity contribution is 5.83. The van der Waals surface area contributed by atoms with Crippen LogP contribution in [0, 0.1) is 0 Å². The van der Waals surface area contributed by atoms with Crippen LogP contribution in [0.2, 0.25) is 0 Å². The molecule has 2 rings (SSSR count). The van der Waals surface area contributed by atoms with E-state index in [0.717, 1.165) is 11.1 Å². The van der Waals surface area contributed by atoms with Crippen LogP contribution in [-0.2, 0) is 11.3 Å². The molecule has 0 aliphatic carbocycles. The second-order valence-electron chi connectivity index (χ2n) is 5.73. The molecule has 0 radical (unpaired) electrons. The van der Waals surface area contributed by atoms with E-state index in [-0.39, 0.29) is 24.1 Å². The van der Waals surface area contributed by atoms with E-state index in [1.165, 1.54) is 4.57 Å². The molecule has 5 heteroatoms. The van der Waals surface area contributed by atoms with Gasteiger partial charge in [0, 0.05) is 24.7 Å². The summed E-state index contributed by atoms with van der Waals surface area (Å²) in [6.45, 7) is 9.14. The minimum atomic E-state index is -0.154. The fraction of sp³-hybridized carbons (Fsp3) is 0.444. The lowest BCUT2D eigenvalue weighted by molar-refractivity contribution is -0.131. The van der Waals surface area contributed by atoms with Crippen LogP contribution >= 0.6 is 0 Å². The topological polar surface area (TPSA) is 51.5 Å². The number of likely N-dealkylation sites (N-methyl/N-ethyl adjacent to an activating group) is 1. The highest BCUT2D eigenvalue weighted by Gasteiger charge is 2.12. The smallest absolute Gasteiger partial charge is 0.258 e. The lowest BCUT2D eigenvalue weighted by atomic mass is 10.1. The van der Waals surface area contributed by atoms with Crippen molar-refractivity contribution in [3.05, 3.63) is 40.8 Å². The highest BCUT2D eigenvalue weighted by Crippen LogP contribution is 2.19. The summed E-state index contributed by atoms with van der Waals surface area (Å²) >= 11 is 0. The molecule has 0 spiro atoms. The second kappa shape index (κ2) is 7.31. The van der Waals surface area contributed by atoms with Crippen LogP contribution in [-0.4, -0.2) is 34.6 Å². The average Bonchev–Trinajstić information content (AvgIpc) is 2.50. The summed E-state index contributed by atoms with van der Waals surface area (Å²) in [4.78, 5) is 26.5. The molecule has 124 valence electrons. The summed E-state index contributed by atoms with van der Waals surface area (Å²) in [6.07, 6.45) is 1.75. The molecule has 5 nitrogen and oxygen atoms in total. The lowest BCUT2D eigenvalue weighted by Gasteiger charge is -2.19. The van der Waals surface area contributed by atoms with Gasteiger partial charge in [-0.2, -0.15) is 0 Å². The lowest BCUT2D eigenvalue weighted by Crippen LogP contribution is -2.36. The molecule has 1 amide bonds. The molecule has 0 bridgehead atoms. The number of rotatable bonds is 6. The van der Waals surface area contributed by atoms with Crippen LogP contribution in [0.4, 0.5) is 0 Å². The number of benzene rings is 1. The van der Waals surface area contributed by atoms with Gasteiger partial charge in [-0.3, -0.25) is 9.59 Å². The van der Waals surface area contributed by atoms with E-state index in [0.29, 0.717) is 18.5 Å². The predicted octanol–water partition coefficient (Wildman–Crippen LogP) is 2.66. The third-order valence-electron chi connectivity index (χ3n) is 3.74. The van der Waals surface area contributed by atoms with Gasteiger partial charge in [-0.1, -0.05) is 0 Å². The summed E-state index contributed by atoms with van der Waals surface area (Å²) in [5, 5.41) is 1.41. The summed E-state index contributed by atoms with van der Waals surface area (Å²) in [6, 6.07) is 7.25. The van der Waals surface area contributed by atoms with Crippen molar-refractivity contribution in [1.29, 1.82) is 0 Å². The molecule has 23 heavy (non-hydrogen) atoms. The number of carbonyl (C=O) groups is 1. The zero-order valence-corrected chi connectivity index (χ0v) is 14.2. The number of carbonyl (C=O) groups excluding carboxylic acids is 1. The SMILES string of the molecule is CCN(CC)C(=O)Cn1ccc2cc(OC(C)C)ccc2c1=O. The first-order valence-corrected chi connectivity index (χ1v) is 8.03. The molecular weight excluding hydrogens is 292 g/mol. The Bertz CT molecular complexity index is 746. The average molecular weight is 316 g/mol. The van der Waals surface area contributed by atoms with E-state index in [4.69, 9.17) is 4.74 Å². The highest BCUT2D eigenvalue weighted by atomic mass is 16.5. The first-order valence-electron chi connectivity index (χ1n) is 8.03. The maximum Gasteiger partial charge on any atom is 0.258 e. The Morgan fingerprint density at radius 2 is 1.91 bits per heavy atom. The van der Waals surface area contributed by atoms with Crippen molar-refractivity contribution < 1.29 is 9.53 Å². The van der Waals surface area contributed by atoms with Crippen LogP contribution in [0.3, 0.4) is 0 Å². The van der Waals surface area contributed by atoms with Crippen molar-refractivity contribution in [2.24, 2.45) is 0 Å². The molecule has 0 saturated carbocycles. The normalized spacial score (nSPS) is 11.0. The number of hydrogen-bond donors (Lipinski definition) is 0. The predicted molar refractivity (Wildman–Crippen MR) is 91.9 cm³/mol. The quantitative estimate of drug-likeness (QED) is 0.823. The Morgan fingerprint density at radius 3 is 2.52 bits per heavy atom. The molecule has 2 aromatic rings. The van der Waals surface area contributed by atoms with Crippen LogP contribution in [0.1, 0.15) is 27.7 Å². The molecule has 0 atom stereocenters. The second-order valence-corrected chi connectivity index (χ2v) is 5.73. The Balaban J connectivity index is 2.32. The van der Waals surface area contributed by atoms with Crippen molar-refractivity contribution in [1.82, 2.24) is 9.47 Å². The van der Waals surface area contributed by atoms with Gasteiger partial charge >= 0.3 is 0 Å². The molecule has 0 aliphatic heterocycles. The summed E-state index contributed by atoms with van der Waals surface area (Å²) in [5.41, 5.74) is -0.154. The Hall–Kier alpha value is -2.30. The molecule has 0 unspecified atom stereocenters. The minimum Gasteiger partial charge on any atom is -0.491 e. The van der Waals surface area contributed by atoms with E-state index >= 15 is 0 Å². The maximum atomic E-state index is 12.5. The molecule has 0 N–H and O–H groups in total. The molecule has 0 saturated heterocycles. The molecule has 1 heterocycles. The Morgan fingerprint density at radius 1 is 1.22 bits per heavy atom. The fourth-order valence-electron chi connectivity index (χ4n) is 2.56. The zero-order valence-electron chi connectivity index (χ0n) is 14.2. The number of amides is 1. The number of fused-ring (bicyclic) bond motifs is 1. The van der Waals surface area contributed by atoms with Gasteiger partial charge in [-0.05, 0) is 57.3 Å². The third kappa shape index (κ3) is 3.92. The number of nitrogens with zero attached hydrogens (tertiary/aromatic N) is 2. The molecule has 1 aromatic heterocycles. The van der Waals surface area contributed by atoms with Crippen LogP contribution in [0.15, 0.2) is 35.3 Å². The third-order valence-corrected chi connectivity index (χ3v) is 3.74. The van der Waals surface area contributed by atoms with Gasteiger partial charge in [-0.15, -0.1) is 0 Å². The molecule has 1 aromatic carbocycles. The van der Waals surface area contributed by atoms with Crippen LogP contribution in [0.25, 0.3) is 10.8 Å². The van der Waals surface area contributed by atoms with Gasteiger partial charge in [0.15, 0.2) is 0 Å². The van der Waals surface area contributed by atoms with Crippen molar-refractivity contribution in [2.75, 3.05) is 13.1 Å². The number of pyridine rings is 1. The van der Waals surface area contributed by atoms with Gasteiger partial charge in [0.1, 0.15) is 12.3 Å². The van der Waals surface area contributed by atoms with E-state index < -0.39 is 0 Å². The summed E-state index contributed by atoms with van der Waals surface area (Å²) < 4.78 is 7.11. The summed E-state index contributed by atoms with van der Waals surface area (Å²) in [5.74, 6) is 0.695. The van der Waals surface area contributed by atoms with Crippen molar-refractivity contribution in [2.45, 2.75) is 40.3 Å². The molecule has 0 fully saturated rings. The van der Waals surface area contributed by atoms with Crippen LogP contribution in [0.5, 0.6) is 5.75 Å². The Kier molecular flexibility index (Phi) is 5.42. The first kappa shape index (κ1) is 17.1. The molecular formula is C18H24N2O3. The van der Waals surface area contributed by atoms with Gasteiger partial charge < -0.3 is 14.2 Å². The van der Waals surface area contributed by atoms with Crippen molar-refractivity contribution >= 4 is 16.7 Å². The number of ether oxygens (including phenoxy) is 1. The van der Waals surface area contributed by atoms with E-state index in [2.05, 4.69) is 0 Å². The maximum absolute atomic E-state index is 12.5. The Labute approximate surface area is 136 Å². The first-order chi connectivity index (χ1) is 11.0. The standard InChI is InChI=1S/C18H24N2O3/c1-5-19(6-2)17(21)12-20-10-9-14-11-15(23-13(3)4)7-8-16(14)18(20)22/h7-11,13H,5-6,12H2,1-4H3. The van der Waals surface area contributed by atoms with Crippen molar-refractivity contribution in [3.63, 3.8) is 0 Å². The summed E-state index contributed by atoms with van der Waals surface area (Å²) in [7, 11) is 0. The monoisotopic (exact) mass is 316 g/mol. The molecule has 0 aliphatic rings. The minimum absolute atomic E-state index is 0.0452. The van der Waals surface area contributed by atoms with E-state index in [1.54, 1.807) is 23.2 Å². The van der Waals surface area contributed by atoms with Crippen molar-refractivity contribution in [3.8, 4) is 5.75 Å². The fourth-order valence-corrected chi connectivity index (χ4v) is 2.56. The number of aromatic nitrogens is 1. The van der Waals surface area contributed by atoms with Gasteiger partial charge in [0.2, 0.25) is 5.91 Å². The van der Waals surface area contributed by atoms with E-state index in [9.17, 15) is 9.59 Å². The largest absolute Gasteiger partial charge is 0.491 e. The van der Waals surface area contributed by atoms with E-state index in [1.807, 2.05) is 39.8 Å². The zero-order chi connectivity index (χ0) is 17.0.